The first-order valence-corrected chi connectivity index (χ1v) is 5.29. The van der Waals surface area contributed by atoms with Crippen LogP contribution in [0.1, 0.15) is 26.5 Å². The predicted molar refractivity (Wildman–Crippen MR) is 60.2 cm³/mol. The molecule has 0 N–H and O–H groups in total. The van der Waals surface area contributed by atoms with E-state index in [-0.39, 0.29) is 10.8 Å². The Morgan fingerprint density at radius 3 is 2.56 bits per heavy atom. The Morgan fingerprint density at radius 2 is 2.06 bits per heavy atom. The molecule has 2 aromatic rings. The molecule has 0 spiro atoms. The van der Waals surface area contributed by atoms with Crippen molar-refractivity contribution in [1.29, 1.82) is 0 Å². The lowest BCUT2D eigenvalue weighted by atomic mass is 9.89. The first-order valence-electron chi connectivity index (χ1n) is 4.91. The van der Waals surface area contributed by atoms with Crippen molar-refractivity contribution in [2.45, 2.75) is 26.2 Å². The van der Waals surface area contributed by atoms with Gasteiger partial charge in [-0.25, -0.2) is 0 Å². The number of halogens is 1. The number of hydrogen-bond acceptors (Lipinski definition) is 4. The average molecular weight is 241 g/mol. The Bertz CT molecular complexity index is 509. The topological polar surface area (TPSA) is 56.7 Å². The summed E-state index contributed by atoms with van der Waals surface area (Å²) in [5.74, 6) is 0.475. The average Bonchev–Trinajstić information content (AvgIpc) is 2.70. The van der Waals surface area contributed by atoms with E-state index in [0.717, 1.165) is 11.3 Å². The second-order valence-corrected chi connectivity index (χ2v) is 5.01. The molecule has 2 rings (SSSR count). The molecule has 0 aliphatic rings. The van der Waals surface area contributed by atoms with Crippen LogP contribution < -0.4 is 0 Å². The summed E-state index contributed by atoms with van der Waals surface area (Å²) in [7, 11) is 1.86. The highest BCUT2D eigenvalue weighted by Crippen LogP contribution is 2.30. The molecule has 0 saturated heterocycles. The van der Waals surface area contributed by atoms with Crippen LogP contribution in [0.2, 0.25) is 5.35 Å². The zero-order valence-electron chi connectivity index (χ0n) is 9.65. The largest absolute Gasteiger partial charge is 0.321 e. The smallest absolute Gasteiger partial charge is 0.320 e. The third-order valence-electron chi connectivity index (χ3n) is 2.18. The van der Waals surface area contributed by atoms with Crippen LogP contribution in [0, 0.1) is 0 Å². The number of hydrogen-bond donors (Lipinski definition) is 0. The van der Waals surface area contributed by atoms with Crippen molar-refractivity contribution in [1.82, 2.24) is 19.9 Å². The molecule has 0 saturated carbocycles. The summed E-state index contributed by atoms with van der Waals surface area (Å²) in [4.78, 5) is 4.00. The van der Waals surface area contributed by atoms with Crippen molar-refractivity contribution in [2.24, 2.45) is 7.05 Å². The van der Waals surface area contributed by atoms with Crippen molar-refractivity contribution in [3.8, 4) is 11.4 Å². The van der Waals surface area contributed by atoms with E-state index in [1.54, 1.807) is 4.68 Å². The van der Waals surface area contributed by atoms with Gasteiger partial charge in [0, 0.05) is 18.7 Å². The number of aromatic nitrogens is 4. The second kappa shape index (κ2) is 3.59. The number of aryl methyl sites for hydroxylation is 1. The van der Waals surface area contributed by atoms with Gasteiger partial charge in [-0.2, -0.15) is 10.1 Å². The van der Waals surface area contributed by atoms with Crippen LogP contribution in [0.15, 0.2) is 10.7 Å². The maximum Gasteiger partial charge on any atom is 0.320 e. The summed E-state index contributed by atoms with van der Waals surface area (Å²) in [5, 5.41) is 8.26. The summed E-state index contributed by atoms with van der Waals surface area (Å²) in [5.41, 5.74) is 1.70. The van der Waals surface area contributed by atoms with Gasteiger partial charge in [0.1, 0.15) is 0 Å². The van der Waals surface area contributed by atoms with Gasteiger partial charge in [-0.3, -0.25) is 4.68 Å². The van der Waals surface area contributed by atoms with E-state index in [2.05, 4.69) is 36.0 Å². The third kappa shape index (κ3) is 1.95. The molecule has 0 radical (unpaired) electrons. The van der Waals surface area contributed by atoms with E-state index in [1.807, 2.05) is 13.2 Å². The highest BCUT2D eigenvalue weighted by atomic mass is 35.5. The van der Waals surface area contributed by atoms with Crippen molar-refractivity contribution < 1.29 is 4.52 Å². The highest BCUT2D eigenvalue weighted by Gasteiger charge is 2.25. The maximum atomic E-state index is 5.62. The van der Waals surface area contributed by atoms with Gasteiger partial charge in [-0.05, 0) is 11.6 Å². The number of rotatable bonds is 1. The molecular weight excluding hydrogens is 228 g/mol. The quantitative estimate of drug-likeness (QED) is 0.768. The van der Waals surface area contributed by atoms with Crippen molar-refractivity contribution in [2.75, 3.05) is 0 Å². The maximum absolute atomic E-state index is 5.62. The fourth-order valence-electron chi connectivity index (χ4n) is 1.52. The molecule has 0 aromatic carbocycles. The van der Waals surface area contributed by atoms with Gasteiger partial charge < -0.3 is 4.52 Å². The van der Waals surface area contributed by atoms with Crippen LogP contribution in [0.25, 0.3) is 11.4 Å². The lowest BCUT2D eigenvalue weighted by Gasteiger charge is -2.16. The molecule has 6 heteroatoms. The van der Waals surface area contributed by atoms with Crippen molar-refractivity contribution in [3.05, 3.63) is 17.2 Å². The molecule has 0 aliphatic heterocycles. The first-order chi connectivity index (χ1) is 7.38. The van der Waals surface area contributed by atoms with E-state index in [4.69, 9.17) is 16.1 Å². The lowest BCUT2D eigenvalue weighted by Crippen LogP contribution is -2.13. The van der Waals surface area contributed by atoms with E-state index in [1.165, 1.54) is 0 Å². The molecule has 16 heavy (non-hydrogen) atoms. The van der Waals surface area contributed by atoms with E-state index < -0.39 is 0 Å². The van der Waals surface area contributed by atoms with Crippen molar-refractivity contribution in [3.63, 3.8) is 0 Å². The molecule has 0 fully saturated rings. The molecule has 0 aliphatic carbocycles. The molecule has 2 heterocycles. The normalized spacial score (nSPS) is 12.1. The van der Waals surface area contributed by atoms with Gasteiger partial charge in [0.25, 0.3) is 0 Å². The van der Waals surface area contributed by atoms with Crippen LogP contribution in [-0.4, -0.2) is 19.9 Å². The predicted octanol–water partition coefficient (Wildman–Crippen LogP) is 2.42. The van der Waals surface area contributed by atoms with Crippen LogP contribution in [0.3, 0.4) is 0 Å². The van der Waals surface area contributed by atoms with Gasteiger partial charge in [0.2, 0.25) is 5.82 Å². The zero-order valence-corrected chi connectivity index (χ0v) is 10.4. The van der Waals surface area contributed by atoms with Gasteiger partial charge in [-0.1, -0.05) is 25.9 Å². The fourth-order valence-corrected chi connectivity index (χ4v) is 1.64. The zero-order chi connectivity index (χ0) is 11.9. The van der Waals surface area contributed by atoms with Gasteiger partial charge in [-0.15, -0.1) is 0 Å². The highest BCUT2D eigenvalue weighted by molar-refractivity contribution is 6.27. The fraction of sp³-hybridized carbons (Fsp3) is 0.500. The summed E-state index contributed by atoms with van der Waals surface area (Å²) >= 11 is 5.62. The van der Waals surface area contributed by atoms with Gasteiger partial charge in [0.15, 0.2) is 0 Å². The molecular formula is C10H13ClN4O. The summed E-state index contributed by atoms with van der Waals surface area (Å²) in [6.45, 7) is 6.25. The minimum absolute atomic E-state index is 0.0405. The molecule has 86 valence electrons. The molecule has 0 unspecified atom stereocenters. The monoisotopic (exact) mass is 240 g/mol. The summed E-state index contributed by atoms with van der Waals surface area (Å²) < 4.78 is 6.50. The lowest BCUT2D eigenvalue weighted by molar-refractivity contribution is 0.420. The number of nitrogens with zero attached hydrogens (tertiary/aromatic N) is 4. The third-order valence-corrected chi connectivity index (χ3v) is 2.33. The Hall–Kier alpha value is -1.36. The molecule has 0 atom stereocenters. The van der Waals surface area contributed by atoms with E-state index in [9.17, 15) is 0 Å². The Morgan fingerprint density at radius 1 is 1.38 bits per heavy atom. The standard InChI is InChI=1S/C10H13ClN4O/c1-10(2,3)7-6(5-15(4)13-7)8-12-9(11)16-14-8/h5H,1-4H3. The molecule has 2 aromatic heterocycles. The molecule has 0 bridgehead atoms. The van der Waals surface area contributed by atoms with Gasteiger partial charge >= 0.3 is 5.35 Å². The van der Waals surface area contributed by atoms with Gasteiger partial charge in [0.05, 0.1) is 11.3 Å². The first kappa shape index (κ1) is 11.1. The second-order valence-electron chi connectivity index (χ2n) is 4.69. The summed E-state index contributed by atoms with van der Waals surface area (Å²) in [6, 6.07) is 0. The Kier molecular flexibility index (Phi) is 2.50. The Labute approximate surface area is 98.4 Å². The van der Waals surface area contributed by atoms with Crippen molar-refractivity contribution >= 4 is 11.6 Å². The minimum atomic E-state index is -0.0797. The van der Waals surface area contributed by atoms with Crippen LogP contribution in [0.4, 0.5) is 0 Å². The minimum Gasteiger partial charge on any atom is -0.321 e. The van der Waals surface area contributed by atoms with Crippen LogP contribution in [0.5, 0.6) is 0 Å². The van der Waals surface area contributed by atoms with E-state index in [0.29, 0.717) is 5.82 Å². The SMILES string of the molecule is Cn1cc(-c2noc(Cl)n2)c(C(C)(C)C)n1. The van der Waals surface area contributed by atoms with Crippen LogP contribution in [-0.2, 0) is 12.5 Å². The summed E-state index contributed by atoms with van der Waals surface area (Å²) in [6.07, 6.45) is 1.86. The molecule has 0 amide bonds. The Balaban J connectivity index is 2.57. The van der Waals surface area contributed by atoms with Crippen LogP contribution >= 0.6 is 11.6 Å². The van der Waals surface area contributed by atoms with E-state index >= 15 is 0 Å². The molecule has 5 nitrogen and oxygen atoms in total.